The Morgan fingerprint density at radius 2 is 1.33 bits per heavy atom. The van der Waals surface area contributed by atoms with Gasteiger partial charge in [0.2, 0.25) is 11.8 Å². The van der Waals surface area contributed by atoms with Crippen LogP contribution in [0, 0.1) is 27.7 Å². The molecule has 0 aromatic heterocycles. The van der Waals surface area contributed by atoms with Gasteiger partial charge in [-0.05, 0) is 95.0 Å². The predicted octanol–water partition coefficient (Wildman–Crippen LogP) is 6.67. The van der Waals surface area contributed by atoms with Crippen molar-refractivity contribution in [2.24, 2.45) is 0 Å². The first-order chi connectivity index (χ1) is 21.6. The van der Waals surface area contributed by atoms with Crippen LogP contribution in [0.3, 0.4) is 0 Å². The molecule has 0 unspecified atom stereocenters. The van der Waals surface area contributed by atoms with E-state index in [1.165, 1.54) is 9.21 Å². The molecule has 0 fully saturated rings. The number of amides is 2. The number of rotatable bonds is 11. The molecule has 7 nitrogen and oxygen atoms in total. The lowest BCUT2D eigenvalue weighted by Gasteiger charge is -2.35. The zero-order valence-electron chi connectivity index (χ0n) is 27.9. The second-order valence-corrected chi connectivity index (χ2v) is 15.0. The van der Waals surface area contributed by atoms with Crippen LogP contribution >= 0.6 is 0 Å². The number of aryl methyl sites for hydroxylation is 4. The number of hydrogen-bond acceptors (Lipinski definition) is 4. The average molecular weight is 640 g/mol. The van der Waals surface area contributed by atoms with Crippen molar-refractivity contribution in [2.75, 3.05) is 10.8 Å². The van der Waals surface area contributed by atoms with Crippen LogP contribution in [0.15, 0.2) is 102 Å². The smallest absolute Gasteiger partial charge is 0.264 e. The molecule has 4 rings (SSSR count). The second kappa shape index (κ2) is 14.3. The minimum atomic E-state index is -4.16. The fourth-order valence-electron chi connectivity index (χ4n) is 5.47. The van der Waals surface area contributed by atoms with E-state index in [1.807, 2.05) is 109 Å². The van der Waals surface area contributed by atoms with Gasteiger partial charge in [0.15, 0.2) is 0 Å². The van der Waals surface area contributed by atoms with Crippen LogP contribution in [0.5, 0.6) is 0 Å². The minimum absolute atomic E-state index is 0.0848. The van der Waals surface area contributed by atoms with Gasteiger partial charge in [-0.3, -0.25) is 13.9 Å². The fourth-order valence-corrected chi connectivity index (χ4v) is 6.87. The maximum atomic E-state index is 14.7. The van der Waals surface area contributed by atoms with Crippen molar-refractivity contribution in [1.82, 2.24) is 10.2 Å². The van der Waals surface area contributed by atoms with Gasteiger partial charge < -0.3 is 10.2 Å². The van der Waals surface area contributed by atoms with Gasteiger partial charge in [0.05, 0.1) is 10.6 Å². The van der Waals surface area contributed by atoms with Crippen molar-refractivity contribution < 1.29 is 18.0 Å². The van der Waals surface area contributed by atoms with Gasteiger partial charge in [-0.2, -0.15) is 0 Å². The first-order valence-electron chi connectivity index (χ1n) is 15.5. The highest BCUT2D eigenvalue weighted by Crippen LogP contribution is 2.27. The maximum Gasteiger partial charge on any atom is 0.264 e. The lowest BCUT2D eigenvalue weighted by atomic mass is 10.0. The fraction of sp³-hybridized carbons (Fsp3) is 0.316. The molecular weight excluding hydrogens is 595 g/mol. The molecule has 242 valence electrons. The van der Waals surface area contributed by atoms with Gasteiger partial charge in [-0.1, -0.05) is 83.9 Å². The molecule has 0 saturated carbocycles. The molecule has 1 atom stereocenters. The molecule has 0 spiro atoms. The number of benzene rings is 4. The first-order valence-corrected chi connectivity index (χ1v) is 16.9. The standard InChI is InChI=1S/C38H45N3O4S/c1-27-16-18-34(19-17-27)46(44,45)41(33-22-29(3)20-30(4)23-33)26-36(42)40(25-32-15-11-12-28(2)21-32)35(37(43)39-38(5,6)7)24-31-13-9-8-10-14-31/h8-23,35H,24-26H2,1-7H3,(H,39,43)/t35-/m0/s1. The molecule has 0 aliphatic heterocycles. The van der Waals surface area contributed by atoms with Crippen LogP contribution in [-0.2, 0) is 32.6 Å². The summed E-state index contributed by atoms with van der Waals surface area (Å²) in [5.41, 5.74) is 5.24. The zero-order valence-corrected chi connectivity index (χ0v) is 28.7. The van der Waals surface area contributed by atoms with E-state index in [-0.39, 0.29) is 23.8 Å². The van der Waals surface area contributed by atoms with Gasteiger partial charge >= 0.3 is 0 Å². The average Bonchev–Trinajstić information content (AvgIpc) is 2.97. The Morgan fingerprint density at radius 1 is 0.717 bits per heavy atom. The summed E-state index contributed by atoms with van der Waals surface area (Å²) in [5, 5.41) is 3.07. The Morgan fingerprint density at radius 3 is 1.91 bits per heavy atom. The van der Waals surface area contributed by atoms with Crippen LogP contribution in [0.1, 0.15) is 54.2 Å². The molecule has 8 heteroatoms. The SMILES string of the molecule is Cc1ccc(S(=O)(=O)N(CC(=O)N(Cc2cccc(C)c2)[C@@H](Cc2ccccc2)C(=O)NC(C)(C)C)c2cc(C)cc(C)c2)cc1. The van der Waals surface area contributed by atoms with Crippen molar-refractivity contribution in [1.29, 1.82) is 0 Å². The Bertz CT molecular complexity index is 1760. The molecule has 4 aromatic carbocycles. The summed E-state index contributed by atoms with van der Waals surface area (Å²) in [5.74, 6) is -0.793. The van der Waals surface area contributed by atoms with E-state index in [4.69, 9.17) is 0 Å². The molecule has 2 amide bonds. The second-order valence-electron chi connectivity index (χ2n) is 13.1. The van der Waals surface area contributed by atoms with E-state index in [9.17, 15) is 18.0 Å². The molecule has 0 bridgehead atoms. The molecule has 0 aliphatic rings. The summed E-state index contributed by atoms with van der Waals surface area (Å²) in [4.78, 5) is 30.3. The van der Waals surface area contributed by atoms with Crippen molar-refractivity contribution in [3.05, 3.63) is 130 Å². The van der Waals surface area contributed by atoms with Crippen molar-refractivity contribution in [3.8, 4) is 0 Å². The normalized spacial score (nSPS) is 12.3. The number of nitrogens with one attached hydrogen (secondary N) is 1. The Balaban J connectivity index is 1.84. The number of hydrogen-bond donors (Lipinski definition) is 1. The van der Waals surface area contributed by atoms with E-state index < -0.39 is 34.1 Å². The number of sulfonamides is 1. The third-order valence-corrected chi connectivity index (χ3v) is 9.38. The molecule has 0 saturated heterocycles. The summed E-state index contributed by atoms with van der Waals surface area (Å²) in [6, 6.07) is 28.5. The predicted molar refractivity (Wildman–Crippen MR) is 185 cm³/mol. The van der Waals surface area contributed by atoms with E-state index in [0.717, 1.165) is 33.4 Å². The molecule has 46 heavy (non-hydrogen) atoms. The van der Waals surface area contributed by atoms with Crippen molar-refractivity contribution in [2.45, 2.75) is 77.9 Å². The molecule has 1 N–H and O–H groups in total. The Labute approximate surface area is 274 Å². The van der Waals surface area contributed by atoms with Crippen LogP contribution in [0.4, 0.5) is 5.69 Å². The lowest BCUT2D eigenvalue weighted by Crippen LogP contribution is -2.56. The van der Waals surface area contributed by atoms with Crippen LogP contribution in [-0.4, -0.2) is 43.3 Å². The number of nitrogens with zero attached hydrogens (tertiary/aromatic N) is 2. The van der Waals surface area contributed by atoms with Crippen LogP contribution in [0.25, 0.3) is 0 Å². The highest BCUT2D eigenvalue weighted by molar-refractivity contribution is 7.92. The lowest BCUT2D eigenvalue weighted by molar-refractivity contribution is -0.140. The van der Waals surface area contributed by atoms with Crippen LogP contribution < -0.4 is 9.62 Å². The van der Waals surface area contributed by atoms with E-state index in [0.29, 0.717) is 5.69 Å². The van der Waals surface area contributed by atoms with Crippen LogP contribution in [0.2, 0.25) is 0 Å². The molecule has 0 heterocycles. The third-order valence-electron chi connectivity index (χ3n) is 7.59. The first kappa shape index (κ1) is 34.4. The highest BCUT2D eigenvalue weighted by Gasteiger charge is 2.35. The van der Waals surface area contributed by atoms with E-state index in [2.05, 4.69) is 5.32 Å². The maximum absolute atomic E-state index is 14.7. The molecular formula is C38H45N3O4S. The van der Waals surface area contributed by atoms with Crippen molar-refractivity contribution in [3.63, 3.8) is 0 Å². The number of anilines is 1. The van der Waals surface area contributed by atoms with Crippen molar-refractivity contribution >= 4 is 27.5 Å². The van der Waals surface area contributed by atoms with Gasteiger partial charge in [-0.15, -0.1) is 0 Å². The monoisotopic (exact) mass is 639 g/mol. The van der Waals surface area contributed by atoms with Gasteiger partial charge in [0.1, 0.15) is 12.6 Å². The Kier molecular flexibility index (Phi) is 10.7. The Hall–Kier alpha value is -4.43. The van der Waals surface area contributed by atoms with Gasteiger partial charge in [0, 0.05) is 18.5 Å². The summed E-state index contributed by atoms with van der Waals surface area (Å²) < 4.78 is 29.7. The van der Waals surface area contributed by atoms with Gasteiger partial charge in [0.25, 0.3) is 10.0 Å². The molecule has 4 aromatic rings. The summed E-state index contributed by atoms with van der Waals surface area (Å²) >= 11 is 0. The number of carbonyl (C=O) groups excluding carboxylic acids is 2. The molecule has 0 radical (unpaired) electrons. The summed E-state index contributed by atoms with van der Waals surface area (Å²) in [6.07, 6.45) is 0.259. The highest BCUT2D eigenvalue weighted by atomic mass is 32.2. The topological polar surface area (TPSA) is 86.8 Å². The zero-order chi connectivity index (χ0) is 33.6. The largest absolute Gasteiger partial charge is 0.350 e. The van der Waals surface area contributed by atoms with Gasteiger partial charge in [-0.25, -0.2) is 8.42 Å². The number of carbonyl (C=O) groups is 2. The summed E-state index contributed by atoms with van der Waals surface area (Å²) in [6.45, 7) is 13.0. The van der Waals surface area contributed by atoms with E-state index >= 15 is 0 Å². The molecule has 0 aliphatic carbocycles. The third kappa shape index (κ3) is 9.07. The minimum Gasteiger partial charge on any atom is -0.350 e. The quantitative estimate of drug-likeness (QED) is 0.199. The van der Waals surface area contributed by atoms with E-state index in [1.54, 1.807) is 36.4 Å². The summed E-state index contributed by atoms with van der Waals surface area (Å²) in [7, 11) is -4.16.